The first-order chi connectivity index (χ1) is 6.88. The fraction of sp³-hybridized carbons (Fsp3) is 0.538. The van der Waals surface area contributed by atoms with Gasteiger partial charge in [0.2, 0.25) is 0 Å². The molecule has 1 rings (SSSR count). The predicted molar refractivity (Wildman–Crippen MR) is 60.7 cm³/mol. The molecule has 0 amide bonds. The molecular formula is C13H19FO. The Kier molecular flexibility index (Phi) is 3.72. The fourth-order valence-corrected chi connectivity index (χ4v) is 1.19. The molecule has 0 aliphatic carbocycles. The highest BCUT2D eigenvalue weighted by atomic mass is 19.1. The van der Waals surface area contributed by atoms with Crippen LogP contribution in [0.1, 0.15) is 32.8 Å². The molecular weight excluding hydrogens is 191 g/mol. The molecule has 0 spiro atoms. The van der Waals surface area contributed by atoms with Crippen molar-refractivity contribution in [2.75, 3.05) is 6.61 Å². The molecule has 1 aromatic rings. The van der Waals surface area contributed by atoms with Crippen LogP contribution >= 0.6 is 0 Å². The normalized spacial score (nSPS) is 11.5. The van der Waals surface area contributed by atoms with E-state index in [1.165, 1.54) is 6.07 Å². The number of hydrogen-bond acceptors (Lipinski definition) is 1. The van der Waals surface area contributed by atoms with Gasteiger partial charge < -0.3 is 4.74 Å². The topological polar surface area (TPSA) is 9.23 Å². The van der Waals surface area contributed by atoms with E-state index >= 15 is 0 Å². The molecule has 0 unspecified atom stereocenters. The Balaban J connectivity index is 2.51. The molecule has 0 saturated heterocycles. The van der Waals surface area contributed by atoms with E-state index < -0.39 is 0 Å². The highest BCUT2D eigenvalue weighted by Crippen LogP contribution is 2.21. The Morgan fingerprint density at radius 3 is 2.47 bits per heavy atom. The number of halogens is 1. The molecule has 0 bridgehead atoms. The van der Waals surface area contributed by atoms with Crippen LogP contribution in [0.15, 0.2) is 18.2 Å². The average molecular weight is 210 g/mol. The van der Waals surface area contributed by atoms with Gasteiger partial charge in [0, 0.05) is 0 Å². The molecule has 0 heterocycles. The number of ether oxygens (including phenoxy) is 1. The number of benzene rings is 1. The third-order valence-electron chi connectivity index (χ3n) is 2.20. The lowest BCUT2D eigenvalue weighted by atomic mass is 9.93. The molecule has 2 heteroatoms. The maximum absolute atomic E-state index is 13.3. The Bertz CT molecular complexity index is 326. The predicted octanol–water partition coefficient (Wildman–Crippen LogP) is 3.95. The molecule has 84 valence electrons. The molecule has 0 atom stereocenters. The molecule has 0 N–H and O–H groups in total. The van der Waals surface area contributed by atoms with Gasteiger partial charge >= 0.3 is 0 Å². The van der Waals surface area contributed by atoms with Crippen molar-refractivity contribution in [3.8, 4) is 5.75 Å². The third-order valence-corrected chi connectivity index (χ3v) is 2.20. The number of aryl methyl sites for hydroxylation is 1. The van der Waals surface area contributed by atoms with E-state index in [9.17, 15) is 4.39 Å². The quantitative estimate of drug-likeness (QED) is 0.734. The van der Waals surface area contributed by atoms with Crippen LogP contribution in [0.2, 0.25) is 0 Å². The van der Waals surface area contributed by atoms with Crippen molar-refractivity contribution in [1.29, 1.82) is 0 Å². The smallest absolute Gasteiger partial charge is 0.165 e. The van der Waals surface area contributed by atoms with Gasteiger partial charge in [0.15, 0.2) is 11.6 Å². The first-order valence-corrected chi connectivity index (χ1v) is 5.27. The van der Waals surface area contributed by atoms with Gasteiger partial charge in [-0.05, 0) is 36.5 Å². The monoisotopic (exact) mass is 210 g/mol. The van der Waals surface area contributed by atoms with E-state index in [0.717, 1.165) is 12.0 Å². The second-order valence-electron chi connectivity index (χ2n) is 5.09. The van der Waals surface area contributed by atoms with E-state index in [1.807, 2.05) is 13.0 Å². The minimum Gasteiger partial charge on any atom is -0.490 e. The molecule has 0 fully saturated rings. The van der Waals surface area contributed by atoms with Crippen LogP contribution in [-0.2, 0) is 0 Å². The minimum absolute atomic E-state index is 0.223. The second kappa shape index (κ2) is 4.65. The number of rotatable bonds is 3. The second-order valence-corrected chi connectivity index (χ2v) is 5.09. The van der Waals surface area contributed by atoms with Crippen molar-refractivity contribution < 1.29 is 9.13 Å². The third kappa shape index (κ3) is 4.32. The summed E-state index contributed by atoms with van der Waals surface area (Å²) in [6.45, 7) is 8.84. The van der Waals surface area contributed by atoms with Crippen molar-refractivity contribution >= 4 is 0 Å². The summed E-state index contributed by atoms with van der Waals surface area (Å²) in [5.74, 6) is 0.0776. The maximum atomic E-state index is 13.3. The Morgan fingerprint density at radius 2 is 1.93 bits per heavy atom. The van der Waals surface area contributed by atoms with Gasteiger partial charge in [-0.3, -0.25) is 0 Å². The Hall–Kier alpha value is -1.05. The summed E-state index contributed by atoms with van der Waals surface area (Å²) in [5.41, 5.74) is 1.14. The lowest BCUT2D eigenvalue weighted by molar-refractivity contribution is 0.235. The van der Waals surface area contributed by atoms with Gasteiger partial charge in [0.05, 0.1) is 6.61 Å². The summed E-state index contributed by atoms with van der Waals surface area (Å²) < 4.78 is 18.7. The lowest BCUT2D eigenvalue weighted by Gasteiger charge is -2.18. The van der Waals surface area contributed by atoms with Crippen LogP contribution in [0.25, 0.3) is 0 Å². The van der Waals surface area contributed by atoms with Crippen LogP contribution in [0.4, 0.5) is 4.39 Å². The van der Waals surface area contributed by atoms with Crippen LogP contribution in [0.3, 0.4) is 0 Å². The Morgan fingerprint density at radius 1 is 1.27 bits per heavy atom. The van der Waals surface area contributed by atoms with Crippen molar-refractivity contribution in [3.63, 3.8) is 0 Å². The van der Waals surface area contributed by atoms with Crippen LogP contribution < -0.4 is 4.74 Å². The highest BCUT2D eigenvalue weighted by molar-refractivity contribution is 5.28. The van der Waals surface area contributed by atoms with Gasteiger partial charge in [-0.15, -0.1) is 0 Å². The standard InChI is InChI=1S/C13H19FO/c1-10-5-6-12(11(14)9-10)15-8-7-13(2,3)4/h5-6,9H,7-8H2,1-4H3. The van der Waals surface area contributed by atoms with E-state index in [2.05, 4.69) is 20.8 Å². The van der Waals surface area contributed by atoms with Crippen molar-refractivity contribution in [2.24, 2.45) is 5.41 Å². The van der Waals surface area contributed by atoms with E-state index in [1.54, 1.807) is 6.07 Å². The maximum Gasteiger partial charge on any atom is 0.165 e. The summed E-state index contributed by atoms with van der Waals surface area (Å²) in [7, 11) is 0. The van der Waals surface area contributed by atoms with Gasteiger partial charge in [-0.25, -0.2) is 4.39 Å². The van der Waals surface area contributed by atoms with E-state index in [0.29, 0.717) is 12.4 Å². The highest BCUT2D eigenvalue weighted by Gasteiger charge is 2.11. The van der Waals surface area contributed by atoms with Crippen molar-refractivity contribution in [3.05, 3.63) is 29.6 Å². The summed E-state index contributed by atoms with van der Waals surface area (Å²) in [6, 6.07) is 5.04. The average Bonchev–Trinajstić information content (AvgIpc) is 2.07. The molecule has 0 radical (unpaired) electrons. The Labute approximate surface area is 91.3 Å². The minimum atomic E-state index is -0.274. The van der Waals surface area contributed by atoms with Crippen LogP contribution in [-0.4, -0.2) is 6.61 Å². The zero-order valence-electron chi connectivity index (χ0n) is 9.93. The summed E-state index contributed by atoms with van der Waals surface area (Å²) in [5, 5.41) is 0. The van der Waals surface area contributed by atoms with Gasteiger partial charge in [0.25, 0.3) is 0 Å². The summed E-state index contributed by atoms with van der Waals surface area (Å²) in [4.78, 5) is 0. The molecule has 15 heavy (non-hydrogen) atoms. The van der Waals surface area contributed by atoms with E-state index in [-0.39, 0.29) is 11.2 Å². The van der Waals surface area contributed by atoms with Gasteiger partial charge in [0.1, 0.15) is 0 Å². The zero-order valence-corrected chi connectivity index (χ0v) is 9.93. The first-order valence-electron chi connectivity index (χ1n) is 5.27. The van der Waals surface area contributed by atoms with E-state index in [4.69, 9.17) is 4.74 Å². The lowest BCUT2D eigenvalue weighted by Crippen LogP contribution is -2.11. The number of hydrogen-bond donors (Lipinski definition) is 0. The first kappa shape index (κ1) is 12.0. The zero-order chi connectivity index (χ0) is 11.5. The van der Waals surface area contributed by atoms with Gasteiger partial charge in [-0.2, -0.15) is 0 Å². The van der Waals surface area contributed by atoms with Crippen LogP contribution in [0.5, 0.6) is 5.75 Å². The fourth-order valence-electron chi connectivity index (χ4n) is 1.19. The summed E-state index contributed by atoms with van der Waals surface area (Å²) in [6.07, 6.45) is 0.917. The molecule has 1 nitrogen and oxygen atoms in total. The largest absolute Gasteiger partial charge is 0.490 e. The molecule has 0 aromatic heterocycles. The SMILES string of the molecule is Cc1ccc(OCCC(C)(C)C)c(F)c1. The molecule has 0 saturated carbocycles. The summed E-state index contributed by atoms with van der Waals surface area (Å²) >= 11 is 0. The van der Waals surface area contributed by atoms with Crippen molar-refractivity contribution in [2.45, 2.75) is 34.1 Å². The molecule has 0 aliphatic rings. The van der Waals surface area contributed by atoms with Gasteiger partial charge in [-0.1, -0.05) is 26.8 Å². The van der Waals surface area contributed by atoms with Crippen LogP contribution in [0, 0.1) is 18.2 Å². The molecule has 1 aromatic carbocycles. The molecule has 0 aliphatic heterocycles. The van der Waals surface area contributed by atoms with Crippen molar-refractivity contribution in [1.82, 2.24) is 0 Å².